The molecular formula is C11H22BrNO2. The summed E-state index contributed by atoms with van der Waals surface area (Å²) >= 11 is 3.41. The lowest BCUT2D eigenvalue weighted by Gasteiger charge is -2.23. The van der Waals surface area contributed by atoms with Crippen LogP contribution in [0.15, 0.2) is 0 Å². The summed E-state index contributed by atoms with van der Waals surface area (Å²) in [5.41, 5.74) is 0.143. The molecule has 0 radical (unpaired) electrons. The van der Waals surface area contributed by atoms with Crippen LogP contribution < -0.4 is 5.32 Å². The minimum absolute atomic E-state index is 0.0221. The van der Waals surface area contributed by atoms with Gasteiger partial charge in [-0.1, -0.05) is 36.7 Å². The number of carbonyl (C=O) groups is 1. The van der Waals surface area contributed by atoms with Crippen molar-refractivity contribution in [3.63, 3.8) is 0 Å². The van der Waals surface area contributed by atoms with Crippen molar-refractivity contribution in [1.29, 1.82) is 0 Å². The summed E-state index contributed by atoms with van der Waals surface area (Å²) in [5, 5.41) is 3.84. The smallest absolute Gasteiger partial charge is 0.246 e. The minimum Gasteiger partial charge on any atom is -0.372 e. The summed E-state index contributed by atoms with van der Waals surface area (Å²) in [7, 11) is 0. The molecule has 0 aliphatic rings. The summed E-state index contributed by atoms with van der Waals surface area (Å²) in [5.74, 6) is -0.0221. The third-order valence-corrected chi connectivity index (χ3v) is 2.51. The Morgan fingerprint density at radius 3 is 2.67 bits per heavy atom. The van der Waals surface area contributed by atoms with Gasteiger partial charge in [0.05, 0.1) is 0 Å². The number of rotatable bonds is 8. The van der Waals surface area contributed by atoms with Crippen molar-refractivity contribution in [2.75, 3.05) is 25.1 Å². The minimum atomic E-state index is -0.0221. The number of carbonyl (C=O) groups excluding carboxylic acids is 1. The Hall–Kier alpha value is -0.0900. The molecule has 0 aromatic heterocycles. The molecule has 0 fully saturated rings. The average Bonchev–Trinajstić information content (AvgIpc) is 2.15. The summed E-state index contributed by atoms with van der Waals surface area (Å²) < 4.78 is 5.15. The lowest BCUT2D eigenvalue weighted by molar-refractivity contribution is -0.126. The summed E-state index contributed by atoms with van der Waals surface area (Å²) in [6.07, 6.45) is 1.99. The molecule has 0 rings (SSSR count). The molecule has 0 aliphatic heterocycles. The normalized spacial score (nSPS) is 11.5. The molecule has 0 saturated carbocycles. The Balaban J connectivity index is 3.60. The quantitative estimate of drug-likeness (QED) is 0.547. The van der Waals surface area contributed by atoms with Crippen molar-refractivity contribution < 1.29 is 9.53 Å². The summed E-state index contributed by atoms with van der Waals surface area (Å²) in [4.78, 5) is 11.3. The molecule has 4 heteroatoms. The van der Waals surface area contributed by atoms with E-state index < -0.39 is 0 Å². The van der Waals surface area contributed by atoms with Crippen LogP contribution in [0.3, 0.4) is 0 Å². The van der Waals surface area contributed by atoms with Gasteiger partial charge >= 0.3 is 0 Å². The lowest BCUT2D eigenvalue weighted by Crippen LogP contribution is -2.36. The van der Waals surface area contributed by atoms with Gasteiger partial charge in [0, 0.05) is 18.5 Å². The third kappa shape index (κ3) is 8.88. The third-order valence-electron chi connectivity index (χ3n) is 2.12. The van der Waals surface area contributed by atoms with Crippen LogP contribution in [0, 0.1) is 5.41 Å². The molecule has 0 aliphatic carbocycles. The lowest BCUT2D eigenvalue weighted by atomic mass is 9.90. The fourth-order valence-corrected chi connectivity index (χ4v) is 2.12. The number of ether oxygens (including phenoxy) is 1. The maximum Gasteiger partial charge on any atom is 0.246 e. The van der Waals surface area contributed by atoms with E-state index in [0.717, 1.165) is 18.2 Å². The van der Waals surface area contributed by atoms with E-state index in [1.165, 1.54) is 0 Å². The number of nitrogens with one attached hydrogen (secondary N) is 1. The molecule has 0 unspecified atom stereocenters. The zero-order valence-corrected chi connectivity index (χ0v) is 11.5. The van der Waals surface area contributed by atoms with Gasteiger partial charge in [-0.3, -0.25) is 4.79 Å². The van der Waals surface area contributed by atoms with Gasteiger partial charge in [-0.2, -0.15) is 0 Å². The van der Waals surface area contributed by atoms with Crippen molar-refractivity contribution >= 4 is 21.8 Å². The molecule has 0 bridgehead atoms. The molecule has 15 heavy (non-hydrogen) atoms. The van der Waals surface area contributed by atoms with Crippen molar-refractivity contribution in [2.45, 2.75) is 33.6 Å². The van der Waals surface area contributed by atoms with Crippen molar-refractivity contribution in [3.05, 3.63) is 0 Å². The largest absolute Gasteiger partial charge is 0.372 e. The fraction of sp³-hybridized carbons (Fsp3) is 0.909. The number of alkyl halides is 1. The standard InChI is InChI=1S/C11H22BrNO2/c1-4-7-15-8-10(14)13-9-11(2,3)5-6-12/h4-9H2,1-3H3,(H,13,14). The summed E-state index contributed by atoms with van der Waals surface area (Å²) in [6.45, 7) is 7.84. The molecule has 0 heterocycles. The van der Waals surface area contributed by atoms with Gasteiger partial charge < -0.3 is 10.1 Å². The van der Waals surface area contributed by atoms with E-state index in [1.807, 2.05) is 6.92 Å². The van der Waals surface area contributed by atoms with E-state index in [1.54, 1.807) is 0 Å². The van der Waals surface area contributed by atoms with Crippen molar-refractivity contribution in [3.8, 4) is 0 Å². The van der Waals surface area contributed by atoms with Crippen LogP contribution in [0.4, 0.5) is 0 Å². The van der Waals surface area contributed by atoms with Gasteiger partial charge in [0.25, 0.3) is 0 Å². The topological polar surface area (TPSA) is 38.3 Å². The second-order valence-electron chi connectivity index (χ2n) is 4.43. The maximum atomic E-state index is 11.3. The molecule has 0 atom stereocenters. The van der Waals surface area contributed by atoms with Gasteiger partial charge in [0.2, 0.25) is 5.91 Å². The molecule has 90 valence electrons. The number of hydrogen-bond acceptors (Lipinski definition) is 2. The van der Waals surface area contributed by atoms with Crippen molar-refractivity contribution in [2.24, 2.45) is 5.41 Å². The highest BCUT2D eigenvalue weighted by atomic mass is 79.9. The second kappa shape index (κ2) is 8.11. The van der Waals surface area contributed by atoms with E-state index in [0.29, 0.717) is 13.2 Å². The van der Waals surface area contributed by atoms with Crippen LogP contribution in [0.25, 0.3) is 0 Å². The fourth-order valence-electron chi connectivity index (χ4n) is 1.04. The van der Waals surface area contributed by atoms with E-state index in [2.05, 4.69) is 35.1 Å². The molecule has 0 saturated heterocycles. The molecule has 0 aromatic carbocycles. The van der Waals surface area contributed by atoms with E-state index in [4.69, 9.17) is 4.74 Å². The molecular weight excluding hydrogens is 258 g/mol. The van der Waals surface area contributed by atoms with E-state index in [9.17, 15) is 4.79 Å². The van der Waals surface area contributed by atoms with E-state index >= 15 is 0 Å². The van der Waals surface area contributed by atoms with Crippen LogP contribution in [0.2, 0.25) is 0 Å². The average molecular weight is 280 g/mol. The zero-order chi connectivity index (χ0) is 11.7. The summed E-state index contributed by atoms with van der Waals surface area (Å²) in [6, 6.07) is 0. The van der Waals surface area contributed by atoms with Gasteiger partial charge in [-0.15, -0.1) is 0 Å². The molecule has 0 spiro atoms. The molecule has 1 amide bonds. The Kier molecular flexibility index (Phi) is 8.06. The van der Waals surface area contributed by atoms with Crippen LogP contribution in [-0.2, 0) is 9.53 Å². The highest BCUT2D eigenvalue weighted by Gasteiger charge is 2.17. The number of amides is 1. The van der Waals surface area contributed by atoms with Crippen LogP contribution >= 0.6 is 15.9 Å². The van der Waals surface area contributed by atoms with Crippen LogP contribution in [0.1, 0.15) is 33.6 Å². The molecule has 3 nitrogen and oxygen atoms in total. The monoisotopic (exact) mass is 279 g/mol. The predicted molar refractivity (Wildman–Crippen MR) is 66.3 cm³/mol. The first kappa shape index (κ1) is 14.9. The van der Waals surface area contributed by atoms with Crippen LogP contribution in [-0.4, -0.2) is 31.0 Å². The van der Waals surface area contributed by atoms with E-state index in [-0.39, 0.29) is 17.9 Å². The number of hydrogen-bond donors (Lipinski definition) is 1. The Labute approximate surface area is 101 Å². The van der Waals surface area contributed by atoms with Gasteiger partial charge in [-0.05, 0) is 18.3 Å². The Bertz CT molecular complexity index is 183. The molecule has 1 N–H and O–H groups in total. The van der Waals surface area contributed by atoms with Crippen LogP contribution in [0.5, 0.6) is 0 Å². The first-order valence-electron chi connectivity index (χ1n) is 5.42. The van der Waals surface area contributed by atoms with Crippen molar-refractivity contribution in [1.82, 2.24) is 5.32 Å². The predicted octanol–water partition coefficient (Wildman–Crippen LogP) is 2.34. The highest BCUT2D eigenvalue weighted by Crippen LogP contribution is 2.19. The second-order valence-corrected chi connectivity index (χ2v) is 5.23. The maximum absolute atomic E-state index is 11.3. The first-order valence-corrected chi connectivity index (χ1v) is 6.54. The Morgan fingerprint density at radius 2 is 2.13 bits per heavy atom. The first-order chi connectivity index (χ1) is 7.02. The van der Waals surface area contributed by atoms with Gasteiger partial charge in [0.15, 0.2) is 0 Å². The Morgan fingerprint density at radius 1 is 1.47 bits per heavy atom. The number of halogens is 1. The van der Waals surface area contributed by atoms with Gasteiger partial charge in [-0.25, -0.2) is 0 Å². The zero-order valence-electron chi connectivity index (χ0n) is 9.94. The highest BCUT2D eigenvalue weighted by molar-refractivity contribution is 9.09. The molecule has 0 aromatic rings. The SMILES string of the molecule is CCCOCC(=O)NCC(C)(C)CCBr. The van der Waals surface area contributed by atoms with Gasteiger partial charge in [0.1, 0.15) is 6.61 Å².